The van der Waals surface area contributed by atoms with Gasteiger partial charge in [-0.1, -0.05) is 0 Å². The molecule has 0 bridgehead atoms. The predicted octanol–water partition coefficient (Wildman–Crippen LogP) is 0.832. The van der Waals surface area contributed by atoms with Crippen molar-refractivity contribution in [2.75, 3.05) is 0 Å². The third-order valence-corrected chi connectivity index (χ3v) is 3.16. The number of rotatable bonds is 4. The van der Waals surface area contributed by atoms with Gasteiger partial charge in [-0.2, -0.15) is 10.1 Å². The Kier molecular flexibility index (Phi) is 3.35. The van der Waals surface area contributed by atoms with Crippen LogP contribution in [0.25, 0.3) is 5.78 Å². The van der Waals surface area contributed by atoms with Crippen LogP contribution in [0.4, 0.5) is 0 Å². The summed E-state index contributed by atoms with van der Waals surface area (Å²) in [7, 11) is 0. The summed E-state index contributed by atoms with van der Waals surface area (Å²) in [5.41, 5.74) is 0.938. The summed E-state index contributed by atoms with van der Waals surface area (Å²) in [6.07, 6.45) is 5.02. The van der Waals surface area contributed by atoms with Gasteiger partial charge in [0.2, 0.25) is 5.82 Å². The number of amides is 1. The fraction of sp³-hybridized carbons (Fsp3) is 0.308. The maximum absolute atomic E-state index is 12.2. The molecule has 108 valence electrons. The van der Waals surface area contributed by atoms with Crippen LogP contribution in [-0.2, 0) is 6.54 Å². The van der Waals surface area contributed by atoms with Crippen LogP contribution >= 0.6 is 0 Å². The van der Waals surface area contributed by atoms with Gasteiger partial charge >= 0.3 is 0 Å². The molecule has 1 N–H and O–H groups in total. The summed E-state index contributed by atoms with van der Waals surface area (Å²) in [5, 5.41) is 11.2. The lowest BCUT2D eigenvalue weighted by Gasteiger charge is -2.14. The molecule has 0 fully saturated rings. The Morgan fingerprint density at radius 1 is 1.43 bits per heavy atom. The number of nitrogens with zero attached hydrogens (tertiary/aromatic N) is 6. The lowest BCUT2D eigenvalue weighted by atomic mass is 10.2. The van der Waals surface area contributed by atoms with E-state index in [0.717, 1.165) is 12.2 Å². The summed E-state index contributed by atoms with van der Waals surface area (Å²) in [6, 6.07) is 3.43. The number of aromatic nitrogens is 6. The molecule has 0 aliphatic rings. The Morgan fingerprint density at radius 3 is 3.05 bits per heavy atom. The number of nitrogens with one attached hydrogen (secondary N) is 1. The van der Waals surface area contributed by atoms with E-state index in [9.17, 15) is 4.79 Å². The number of fused-ring (bicyclic) bond motifs is 1. The molecule has 3 aromatic rings. The maximum atomic E-state index is 12.2. The molecule has 3 rings (SSSR count). The van der Waals surface area contributed by atoms with E-state index >= 15 is 0 Å². The smallest absolute Gasteiger partial charge is 0.291 e. The number of carbonyl (C=O) groups is 1. The Bertz CT molecular complexity index is 743. The van der Waals surface area contributed by atoms with Crippen molar-refractivity contribution >= 4 is 11.7 Å². The molecule has 8 heteroatoms. The Hall–Kier alpha value is -2.77. The Balaban J connectivity index is 1.79. The molecule has 0 spiro atoms. The number of hydrogen-bond donors (Lipinski definition) is 1. The fourth-order valence-electron chi connectivity index (χ4n) is 2.14. The SMILES string of the molecule is CCn1nccc1[C@H](C)NC(=O)c1nc2ncccn2n1. The van der Waals surface area contributed by atoms with E-state index in [4.69, 9.17) is 0 Å². The first-order valence-corrected chi connectivity index (χ1v) is 6.69. The van der Waals surface area contributed by atoms with Gasteiger partial charge in [-0.25, -0.2) is 9.50 Å². The lowest BCUT2D eigenvalue weighted by Crippen LogP contribution is -2.29. The highest BCUT2D eigenvalue weighted by molar-refractivity contribution is 5.91. The van der Waals surface area contributed by atoms with Crippen LogP contribution in [0.5, 0.6) is 0 Å². The Morgan fingerprint density at radius 2 is 2.29 bits per heavy atom. The van der Waals surface area contributed by atoms with Crippen molar-refractivity contribution in [2.45, 2.75) is 26.4 Å². The van der Waals surface area contributed by atoms with Gasteiger partial charge in [-0.15, -0.1) is 5.10 Å². The molecule has 0 aromatic carbocycles. The largest absolute Gasteiger partial charge is 0.341 e. The van der Waals surface area contributed by atoms with Crippen LogP contribution in [0.15, 0.2) is 30.7 Å². The molecule has 21 heavy (non-hydrogen) atoms. The van der Waals surface area contributed by atoms with Crippen LogP contribution in [0.3, 0.4) is 0 Å². The first-order chi connectivity index (χ1) is 10.2. The molecule has 3 heterocycles. The number of aryl methyl sites for hydroxylation is 1. The van der Waals surface area contributed by atoms with Crippen molar-refractivity contribution in [1.82, 2.24) is 34.7 Å². The van der Waals surface area contributed by atoms with Gasteiger partial charge in [0.1, 0.15) is 0 Å². The van der Waals surface area contributed by atoms with Crippen molar-refractivity contribution < 1.29 is 4.79 Å². The molecular weight excluding hydrogens is 270 g/mol. The van der Waals surface area contributed by atoms with Crippen LogP contribution in [-0.4, -0.2) is 35.3 Å². The quantitative estimate of drug-likeness (QED) is 0.767. The summed E-state index contributed by atoms with van der Waals surface area (Å²) >= 11 is 0. The third kappa shape index (κ3) is 2.47. The minimum absolute atomic E-state index is 0.100. The van der Waals surface area contributed by atoms with Gasteiger partial charge in [0.15, 0.2) is 0 Å². The highest BCUT2D eigenvalue weighted by Crippen LogP contribution is 2.12. The topological polar surface area (TPSA) is 90.0 Å². The normalized spacial score (nSPS) is 12.5. The van der Waals surface area contributed by atoms with Gasteiger partial charge in [-0.3, -0.25) is 9.48 Å². The van der Waals surface area contributed by atoms with Gasteiger partial charge < -0.3 is 5.32 Å². The molecule has 3 aromatic heterocycles. The maximum Gasteiger partial charge on any atom is 0.291 e. The molecule has 0 unspecified atom stereocenters. The first-order valence-electron chi connectivity index (χ1n) is 6.69. The van der Waals surface area contributed by atoms with E-state index in [1.54, 1.807) is 24.7 Å². The molecule has 0 saturated heterocycles. The molecule has 1 amide bonds. The molecule has 0 saturated carbocycles. The second kappa shape index (κ2) is 5.31. The zero-order valence-electron chi connectivity index (χ0n) is 11.8. The highest BCUT2D eigenvalue weighted by atomic mass is 16.2. The summed E-state index contributed by atoms with van der Waals surface area (Å²) in [5.74, 6) is 0.161. The van der Waals surface area contributed by atoms with Crippen molar-refractivity contribution in [1.29, 1.82) is 0 Å². The van der Waals surface area contributed by atoms with E-state index in [2.05, 4.69) is 25.5 Å². The number of hydrogen-bond acceptors (Lipinski definition) is 5. The van der Waals surface area contributed by atoms with E-state index < -0.39 is 0 Å². The van der Waals surface area contributed by atoms with Crippen LogP contribution in [0, 0.1) is 0 Å². The lowest BCUT2D eigenvalue weighted by molar-refractivity contribution is 0.0928. The summed E-state index contributed by atoms with van der Waals surface area (Å²) in [4.78, 5) is 20.3. The molecule has 8 nitrogen and oxygen atoms in total. The average molecular weight is 285 g/mol. The van der Waals surface area contributed by atoms with Crippen LogP contribution in [0.2, 0.25) is 0 Å². The zero-order valence-corrected chi connectivity index (χ0v) is 11.8. The predicted molar refractivity (Wildman–Crippen MR) is 74.6 cm³/mol. The molecule has 0 aliphatic heterocycles. The van der Waals surface area contributed by atoms with E-state index in [-0.39, 0.29) is 17.8 Å². The van der Waals surface area contributed by atoms with E-state index in [1.807, 2.05) is 24.6 Å². The molecular formula is C13H15N7O. The Labute approximate surface area is 120 Å². The van der Waals surface area contributed by atoms with E-state index in [1.165, 1.54) is 4.52 Å². The third-order valence-electron chi connectivity index (χ3n) is 3.16. The van der Waals surface area contributed by atoms with Crippen molar-refractivity contribution in [2.24, 2.45) is 0 Å². The molecule has 0 radical (unpaired) electrons. The fourth-order valence-corrected chi connectivity index (χ4v) is 2.14. The standard InChI is InChI=1S/C13H15N7O/c1-3-19-10(5-7-15-19)9(2)16-12(21)11-17-13-14-6-4-8-20(13)18-11/h4-9H,3H2,1-2H3,(H,16,21)/t9-/m0/s1. The van der Waals surface area contributed by atoms with Gasteiger partial charge in [0, 0.05) is 25.1 Å². The average Bonchev–Trinajstić information content (AvgIpc) is 3.13. The summed E-state index contributed by atoms with van der Waals surface area (Å²) in [6.45, 7) is 4.65. The van der Waals surface area contributed by atoms with Crippen molar-refractivity contribution in [3.63, 3.8) is 0 Å². The van der Waals surface area contributed by atoms with Crippen molar-refractivity contribution in [3.8, 4) is 0 Å². The molecule has 0 aliphatic carbocycles. The van der Waals surface area contributed by atoms with Gasteiger partial charge in [0.25, 0.3) is 11.7 Å². The van der Waals surface area contributed by atoms with Gasteiger partial charge in [-0.05, 0) is 26.0 Å². The monoisotopic (exact) mass is 285 g/mol. The second-order valence-electron chi connectivity index (χ2n) is 4.57. The molecule has 1 atom stereocenters. The minimum Gasteiger partial charge on any atom is -0.341 e. The first kappa shape index (κ1) is 13.2. The number of carbonyl (C=O) groups excluding carboxylic acids is 1. The van der Waals surface area contributed by atoms with Gasteiger partial charge in [0.05, 0.1) is 11.7 Å². The summed E-state index contributed by atoms with van der Waals surface area (Å²) < 4.78 is 3.31. The minimum atomic E-state index is -0.336. The zero-order chi connectivity index (χ0) is 14.8. The van der Waals surface area contributed by atoms with Crippen molar-refractivity contribution in [3.05, 3.63) is 42.2 Å². The second-order valence-corrected chi connectivity index (χ2v) is 4.57. The van der Waals surface area contributed by atoms with Crippen LogP contribution < -0.4 is 5.32 Å². The van der Waals surface area contributed by atoms with Crippen LogP contribution in [0.1, 0.15) is 36.2 Å². The highest BCUT2D eigenvalue weighted by Gasteiger charge is 2.18. The van der Waals surface area contributed by atoms with E-state index in [0.29, 0.717) is 5.78 Å².